The maximum Gasteiger partial charge on any atom is 0.493 e. The summed E-state index contributed by atoms with van der Waals surface area (Å²) in [5.41, 5.74) is 0.455. The summed E-state index contributed by atoms with van der Waals surface area (Å²) in [7, 11) is 0. The molecule has 0 radical (unpaired) electrons. The maximum atomic E-state index is 12.8. The molecule has 1 aromatic carbocycles. The molecule has 192 valence electrons. The van der Waals surface area contributed by atoms with Crippen molar-refractivity contribution < 1.29 is 27.6 Å². The van der Waals surface area contributed by atoms with Crippen LogP contribution in [0.4, 0.5) is 29.5 Å². The molecule has 0 bridgehead atoms. The van der Waals surface area contributed by atoms with Crippen molar-refractivity contribution in [2.24, 2.45) is 5.92 Å². The van der Waals surface area contributed by atoms with Crippen molar-refractivity contribution in [3.8, 4) is 6.07 Å². The molecule has 1 aliphatic rings. The van der Waals surface area contributed by atoms with Crippen molar-refractivity contribution in [1.82, 2.24) is 15.3 Å². The number of benzene rings is 1. The molecule has 1 fully saturated rings. The van der Waals surface area contributed by atoms with Crippen molar-refractivity contribution in [3.63, 3.8) is 0 Å². The zero-order chi connectivity index (χ0) is 26.1. The average molecular weight is 525 g/mol. The molecule has 1 heterocycles. The van der Waals surface area contributed by atoms with Crippen LogP contribution >= 0.6 is 11.6 Å². The van der Waals surface area contributed by atoms with E-state index in [0.717, 1.165) is 18.9 Å². The molecule has 0 spiro atoms. The van der Waals surface area contributed by atoms with Gasteiger partial charge in [-0.05, 0) is 56.0 Å². The summed E-state index contributed by atoms with van der Waals surface area (Å²) in [4.78, 5) is 35.9. The van der Waals surface area contributed by atoms with Crippen molar-refractivity contribution in [1.29, 1.82) is 5.26 Å². The second kappa shape index (κ2) is 12.5. The first kappa shape index (κ1) is 27.2. The molecule has 1 aromatic heterocycles. The average Bonchev–Trinajstić information content (AvgIpc) is 2.86. The number of halogens is 4. The SMILES string of the molecule is N#Cc1cnc(NC(=O)N(OC(=O)C(F)(F)F)c2ccc(CCNCC3CCCCC3)c(Cl)c2)cn1. The van der Waals surface area contributed by atoms with Crippen LogP contribution in [-0.2, 0) is 16.1 Å². The molecule has 0 atom stereocenters. The number of hydrogen-bond acceptors (Lipinski definition) is 7. The lowest BCUT2D eigenvalue weighted by atomic mass is 9.89. The van der Waals surface area contributed by atoms with E-state index in [9.17, 15) is 22.8 Å². The Morgan fingerprint density at radius 2 is 1.94 bits per heavy atom. The van der Waals surface area contributed by atoms with E-state index in [4.69, 9.17) is 16.9 Å². The molecule has 2 N–H and O–H groups in total. The lowest BCUT2D eigenvalue weighted by Crippen LogP contribution is -2.41. The molecule has 1 aliphatic carbocycles. The second-order valence-corrected chi connectivity index (χ2v) is 8.64. The van der Waals surface area contributed by atoms with Gasteiger partial charge in [0.05, 0.1) is 18.1 Å². The molecule has 13 heteroatoms. The lowest BCUT2D eigenvalue weighted by Gasteiger charge is -2.23. The molecule has 3 rings (SSSR count). The molecule has 0 aliphatic heterocycles. The number of anilines is 2. The van der Waals surface area contributed by atoms with Gasteiger partial charge < -0.3 is 10.2 Å². The van der Waals surface area contributed by atoms with E-state index in [2.05, 4.69) is 25.4 Å². The number of rotatable bonds is 7. The van der Waals surface area contributed by atoms with Crippen LogP contribution in [-0.4, -0.2) is 41.2 Å². The van der Waals surface area contributed by atoms with Gasteiger partial charge in [-0.25, -0.2) is 19.6 Å². The highest BCUT2D eigenvalue weighted by molar-refractivity contribution is 6.31. The van der Waals surface area contributed by atoms with E-state index >= 15 is 0 Å². The number of nitrogens with one attached hydrogen (secondary N) is 2. The van der Waals surface area contributed by atoms with Gasteiger partial charge in [-0.2, -0.15) is 18.4 Å². The zero-order valence-corrected chi connectivity index (χ0v) is 19.9. The highest BCUT2D eigenvalue weighted by Crippen LogP contribution is 2.27. The molecule has 1 saturated carbocycles. The maximum absolute atomic E-state index is 12.8. The largest absolute Gasteiger partial charge is 0.493 e. The minimum absolute atomic E-state index is 0.0380. The quantitative estimate of drug-likeness (QED) is 0.395. The molecular weight excluding hydrogens is 501 g/mol. The molecule has 36 heavy (non-hydrogen) atoms. The number of hydrogen-bond donors (Lipinski definition) is 2. The van der Waals surface area contributed by atoms with Gasteiger partial charge in [-0.1, -0.05) is 36.9 Å². The Hall–Kier alpha value is -3.43. The first-order valence-corrected chi connectivity index (χ1v) is 11.7. The number of nitriles is 1. The Kier molecular flexibility index (Phi) is 9.44. The van der Waals surface area contributed by atoms with Crippen LogP contribution in [0.5, 0.6) is 0 Å². The summed E-state index contributed by atoms with van der Waals surface area (Å²) in [6, 6.07) is 4.56. The van der Waals surface area contributed by atoms with Crippen LogP contribution in [0.2, 0.25) is 5.02 Å². The monoisotopic (exact) mass is 524 g/mol. The highest BCUT2D eigenvalue weighted by Gasteiger charge is 2.44. The number of carbonyl (C=O) groups is 2. The number of urea groups is 1. The minimum atomic E-state index is -5.35. The molecular formula is C23H24ClF3N6O3. The fourth-order valence-corrected chi connectivity index (χ4v) is 4.01. The van der Waals surface area contributed by atoms with Gasteiger partial charge in [0.15, 0.2) is 11.5 Å². The van der Waals surface area contributed by atoms with E-state index in [0.29, 0.717) is 24.4 Å². The van der Waals surface area contributed by atoms with E-state index in [1.807, 2.05) is 0 Å². The Morgan fingerprint density at radius 3 is 2.56 bits per heavy atom. The molecule has 2 aromatic rings. The summed E-state index contributed by atoms with van der Waals surface area (Å²) < 4.78 is 38.5. The summed E-state index contributed by atoms with van der Waals surface area (Å²) in [6.07, 6.45) is 3.50. The number of hydroxylamine groups is 1. The van der Waals surface area contributed by atoms with E-state index in [1.54, 1.807) is 12.1 Å². The van der Waals surface area contributed by atoms with Crippen LogP contribution in [0, 0.1) is 17.2 Å². The van der Waals surface area contributed by atoms with Crippen LogP contribution in [0.25, 0.3) is 0 Å². The smallest absolute Gasteiger partial charge is 0.323 e. The van der Waals surface area contributed by atoms with Gasteiger partial charge in [0, 0.05) is 5.02 Å². The minimum Gasteiger partial charge on any atom is -0.323 e. The second-order valence-electron chi connectivity index (χ2n) is 8.23. The third-order valence-electron chi connectivity index (χ3n) is 5.59. The van der Waals surface area contributed by atoms with Crippen molar-refractivity contribution in [2.75, 3.05) is 23.5 Å². The molecule has 2 amide bonds. The summed E-state index contributed by atoms with van der Waals surface area (Å²) >= 11 is 6.32. The van der Waals surface area contributed by atoms with E-state index < -0.39 is 18.2 Å². The summed E-state index contributed by atoms with van der Waals surface area (Å²) in [5.74, 6) is -2.12. The number of amides is 2. The van der Waals surface area contributed by atoms with Gasteiger partial charge in [-0.3, -0.25) is 5.32 Å². The Balaban J connectivity index is 1.69. The van der Waals surface area contributed by atoms with Crippen molar-refractivity contribution in [3.05, 3.63) is 46.9 Å². The predicted molar refractivity (Wildman–Crippen MR) is 125 cm³/mol. The van der Waals surface area contributed by atoms with E-state index in [1.165, 1.54) is 44.2 Å². The Bertz CT molecular complexity index is 1100. The van der Waals surface area contributed by atoms with Crippen LogP contribution in [0.15, 0.2) is 30.6 Å². The zero-order valence-electron chi connectivity index (χ0n) is 19.1. The van der Waals surface area contributed by atoms with Gasteiger partial charge >= 0.3 is 18.2 Å². The Labute approximate surface area is 210 Å². The van der Waals surface area contributed by atoms with Crippen molar-refractivity contribution in [2.45, 2.75) is 44.7 Å². The van der Waals surface area contributed by atoms with E-state index in [-0.39, 0.29) is 27.3 Å². The van der Waals surface area contributed by atoms with Crippen LogP contribution < -0.4 is 15.7 Å². The summed E-state index contributed by atoms with van der Waals surface area (Å²) in [5, 5.41) is 14.7. The first-order chi connectivity index (χ1) is 17.2. The van der Waals surface area contributed by atoms with Crippen molar-refractivity contribution >= 4 is 35.1 Å². The molecule has 0 unspecified atom stereocenters. The Morgan fingerprint density at radius 1 is 1.19 bits per heavy atom. The molecule has 9 nitrogen and oxygen atoms in total. The normalized spacial score (nSPS) is 14.1. The predicted octanol–water partition coefficient (Wildman–Crippen LogP) is 4.77. The number of aromatic nitrogens is 2. The van der Waals surface area contributed by atoms with Crippen LogP contribution in [0.1, 0.15) is 43.4 Å². The summed E-state index contributed by atoms with van der Waals surface area (Å²) in [6.45, 7) is 1.56. The standard InChI is InChI=1S/C23H24ClF3N6O3/c24-19-10-18(7-6-16(19)8-9-29-12-15-4-2-1-3-5-15)33(36-21(34)23(25,26)27)22(35)32-20-14-30-17(11-28)13-31-20/h6-7,10,13-15,29H,1-5,8-9,12H2,(H,31,32,35). The number of nitrogens with zero attached hydrogens (tertiary/aromatic N) is 4. The lowest BCUT2D eigenvalue weighted by molar-refractivity contribution is -0.199. The highest BCUT2D eigenvalue weighted by atomic mass is 35.5. The number of carbonyl (C=O) groups excluding carboxylic acids is 2. The van der Waals surface area contributed by atoms with Gasteiger partial charge in [0.1, 0.15) is 6.07 Å². The third kappa shape index (κ3) is 7.79. The number of alkyl halides is 3. The molecule has 0 saturated heterocycles. The van der Waals surface area contributed by atoms with Gasteiger partial charge in [-0.15, -0.1) is 5.06 Å². The van der Waals surface area contributed by atoms with Crippen LogP contribution in [0.3, 0.4) is 0 Å². The van der Waals surface area contributed by atoms with Gasteiger partial charge in [0.2, 0.25) is 0 Å². The fourth-order valence-electron chi connectivity index (χ4n) is 3.74. The first-order valence-electron chi connectivity index (χ1n) is 11.3. The fraction of sp³-hybridized carbons (Fsp3) is 0.435. The van der Waals surface area contributed by atoms with Gasteiger partial charge in [0.25, 0.3) is 0 Å². The third-order valence-corrected chi connectivity index (χ3v) is 5.94. The topological polar surface area (TPSA) is 120 Å².